The van der Waals surface area contributed by atoms with Gasteiger partial charge in [0.05, 0.1) is 12.1 Å². The average Bonchev–Trinajstić information content (AvgIpc) is 2.19. The van der Waals surface area contributed by atoms with Gasteiger partial charge in [-0.15, -0.1) is 0 Å². The number of hydrogen-bond donors (Lipinski definition) is 1. The van der Waals surface area contributed by atoms with Gasteiger partial charge in [0.25, 0.3) is 0 Å². The summed E-state index contributed by atoms with van der Waals surface area (Å²) in [5, 5.41) is 11.6. The molecule has 1 rings (SSSR count). The van der Waals surface area contributed by atoms with Crippen LogP contribution in [0.4, 0.5) is 0 Å². The maximum atomic E-state index is 8.52. The van der Waals surface area contributed by atoms with Gasteiger partial charge in [-0.3, -0.25) is 0 Å². The molecule has 1 aromatic carbocycles. The van der Waals surface area contributed by atoms with Gasteiger partial charge in [-0.25, -0.2) is 0 Å². The molecule has 0 aromatic heterocycles. The summed E-state index contributed by atoms with van der Waals surface area (Å²) in [6.07, 6.45) is 0.979. The van der Waals surface area contributed by atoms with E-state index in [0.29, 0.717) is 0 Å². The van der Waals surface area contributed by atoms with E-state index in [1.807, 2.05) is 25.1 Å². The van der Waals surface area contributed by atoms with Gasteiger partial charge in [0.1, 0.15) is 0 Å². The minimum atomic E-state index is -0.0521. The molecule has 1 N–H and O–H groups in total. The highest BCUT2D eigenvalue weighted by Crippen LogP contribution is 1.98. The number of rotatable bonds is 4. The molecule has 13 heavy (non-hydrogen) atoms. The maximum absolute atomic E-state index is 8.52. The van der Waals surface area contributed by atoms with Crippen molar-refractivity contribution in [1.82, 2.24) is 5.32 Å². The molecule has 0 saturated heterocycles. The summed E-state index contributed by atoms with van der Waals surface area (Å²) in [7, 11) is 0. The SMILES string of the molecule is CC(C#N)NCCc1ccccc1. The van der Waals surface area contributed by atoms with Gasteiger partial charge >= 0.3 is 0 Å². The second-order valence-corrected chi connectivity index (χ2v) is 3.04. The minimum absolute atomic E-state index is 0.0521. The molecule has 2 heteroatoms. The Kier molecular flexibility index (Phi) is 4.01. The van der Waals surface area contributed by atoms with Gasteiger partial charge in [0.2, 0.25) is 0 Å². The van der Waals surface area contributed by atoms with Crippen LogP contribution in [0.3, 0.4) is 0 Å². The fraction of sp³-hybridized carbons (Fsp3) is 0.364. The molecule has 0 aliphatic heterocycles. The zero-order valence-electron chi connectivity index (χ0n) is 7.83. The summed E-state index contributed by atoms with van der Waals surface area (Å²) >= 11 is 0. The molecule has 2 nitrogen and oxygen atoms in total. The highest BCUT2D eigenvalue weighted by Gasteiger charge is 1.96. The van der Waals surface area contributed by atoms with Crippen LogP contribution in [0.1, 0.15) is 12.5 Å². The summed E-state index contributed by atoms with van der Waals surface area (Å²) in [5.74, 6) is 0. The molecule has 1 atom stereocenters. The zero-order valence-corrected chi connectivity index (χ0v) is 7.83. The molecular formula is C11H14N2. The zero-order chi connectivity index (χ0) is 9.52. The van der Waals surface area contributed by atoms with E-state index in [1.54, 1.807) is 0 Å². The summed E-state index contributed by atoms with van der Waals surface area (Å²) < 4.78 is 0. The van der Waals surface area contributed by atoms with E-state index in [4.69, 9.17) is 5.26 Å². The lowest BCUT2D eigenvalue weighted by Gasteiger charge is -2.05. The molecule has 0 spiro atoms. The van der Waals surface area contributed by atoms with Crippen molar-refractivity contribution < 1.29 is 0 Å². The van der Waals surface area contributed by atoms with Crippen molar-refractivity contribution in [3.05, 3.63) is 35.9 Å². The smallest absolute Gasteiger partial charge is 0.0924 e. The van der Waals surface area contributed by atoms with Gasteiger partial charge in [-0.05, 0) is 18.9 Å². The van der Waals surface area contributed by atoms with Crippen molar-refractivity contribution in [2.75, 3.05) is 6.54 Å². The van der Waals surface area contributed by atoms with E-state index in [2.05, 4.69) is 23.5 Å². The van der Waals surface area contributed by atoms with Crippen LogP contribution in [0.25, 0.3) is 0 Å². The largest absolute Gasteiger partial charge is 0.302 e. The van der Waals surface area contributed by atoms with E-state index in [9.17, 15) is 0 Å². The molecule has 68 valence electrons. The number of nitrogens with zero attached hydrogens (tertiary/aromatic N) is 1. The molecule has 0 fully saturated rings. The van der Waals surface area contributed by atoms with E-state index >= 15 is 0 Å². The van der Waals surface area contributed by atoms with Crippen LogP contribution in [-0.4, -0.2) is 12.6 Å². The van der Waals surface area contributed by atoms with Crippen LogP contribution < -0.4 is 5.32 Å². The van der Waals surface area contributed by atoms with Crippen molar-refractivity contribution in [1.29, 1.82) is 5.26 Å². The van der Waals surface area contributed by atoms with Crippen LogP contribution in [0.5, 0.6) is 0 Å². The summed E-state index contributed by atoms with van der Waals surface area (Å²) in [6, 6.07) is 12.4. The van der Waals surface area contributed by atoms with Crippen molar-refractivity contribution in [3.8, 4) is 6.07 Å². The third kappa shape index (κ3) is 3.73. The van der Waals surface area contributed by atoms with Crippen molar-refractivity contribution >= 4 is 0 Å². The second-order valence-electron chi connectivity index (χ2n) is 3.04. The Labute approximate surface area is 79.2 Å². The fourth-order valence-electron chi connectivity index (χ4n) is 1.12. The summed E-state index contributed by atoms with van der Waals surface area (Å²) in [4.78, 5) is 0. The molecule has 0 amide bonds. The molecule has 0 bridgehead atoms. The standard InChI is InChI=1S/C11H14N2/c1-10(9-12)13-8-7-11-5-3-2-4-6-11/h2-6,10,13H,7-8H2,1H3. The van der Waals surface area contributed by atoms with Gasteiger partial charge in [-0.2, -0.15) is 5.26 Å². The Morgan fingerprint density at radius 3 is 2.69 bits per heavy atom. The first kappa shape index (κ1) is 9.76. The quantitative estimate of drug-likeness (QED) is 0.754. The third-order valence-corrected chi connectivity index (χ3v) is 1.90. The average molecular weight is 174 g/mol. The molecular weight excluding hydrogens is 160 g/mol. The van der Waals surface area contributed by atoms with Gasteiger partial charge in [-0.1, -0.05) is 30.3 Å². The lowest BCUT2D eigenvalue weighted by Crippen LogP contribution is -2.26. The lowest BCUT2D eigenvalue weighted by molar-refractivity contribution is 0.640. The Morgan fingerprint density at radius 1 is 1.38 bits per heavy atom. The first-order chi connectivity index (χ1) is 6.33. The number of nitrogens with one attached hydrogen (secondary N) is 1. The van der Waals surface area contributed by atoms with Gasteiger partial charge in [0.15, 0.2) is 0 Å². The van der Waals surface area contributed by atoms with E-state index in [1.165, 1.54) is 5.56 Å². The molecule has 0 aliphatic rings. The Balaban J connectivity index is 2.25. The predicted octanol–water partition coefficient (Wildman–Crippen LogP) is 1.73. The molecule has 0 saturated carbocycles. The fourth-order valence-corrected chi connectivity index (χ4v) is 1.12. The summed E-state index contributed by atoms with van der Waals surface area (Å²) in [6.45, 7) is 2.73. The predicted molar refractivity (Wildman–Crippen MR) is 53.2 cm³/mol. The van der Waals surface area contributed by atoms with Crippen molar-refractivity contribution in [2.24, 2.45) is 0 Å². The third-order valence-electron chi connectivity index (χ3n) is 1.90. The number of benzene rings is 1. The normalized spacial score (nSPS) is 12.0. The Morgan fingerprint density at radius 2 is 2.08 bits per heavy atom. The van der Waals surface area contributed by atoms with Crippen LogP contribution in [0, 0.1) is 11.3 Å². The topological polar surface area (TPSA) is 35.8 Å². The molecule has 1 unspecified atom stereocenters. The van der Waals surface area contributed by atoms with Gasteiger partial charge in [0, 0.05) is 6.54 Å². The van der Waals surface area contributed by atoms with Crippen LogP contribution in [0.15, 0.2) is 30.3 Å². The summed E-state index contributed by atoms with van der Waals surface area (Å²) in [5.41, 5.74) is 1.31. The number of nitriles is 1. The first-order valence-corrected chi connectivity index (χ1v) is 4.50. The highest BCUT2D eigenvalue weighted by atomic mass is 14.9. The second kappa shape index (κ2) is 5.34. The van der Waals surface area contributed by atoms with E-state index < -0.39 is 0 Å². The van der Waals surface area contributed by atoms with E-state index in [0.717, 1.165) is 13.0 Å². The maximum Gasteiger partial charge on any atom is 0.0924 e. The van der Waals surface area contributed by atoms with Crippen molar-refractivity contribution in [3.63, 3.8) is 0 Å². The van der Waals surface area contributed by atoms with Crippen molar-refractivity contribution in [2.45, 2.75) is 19.4 Å². The molecule has 1 aromatic rings. The van der Waals surface area contributed by atoms with Crippen LogP contribution in [-0.2, 0) is 6.42 Å². The highest BCUT2D eigenvalue weighted by molar-refractivity contribution is 5.14. The first-order valence-electron chi connectivity index (χ1n) is 4.50. The van der Waals surface area contributed by atoms with Crippen LogP contribution >= 0.6 is 0 Å². The molecule has 0 heterocycles. The van der Waals surface area contributed by atoms with Gasteiger partial charge < -0.3 is 5.32 Å². The van der Waals surface area contributed by atoms with E-state index in [-0.39, 0.29) is 6.04 Å². The Bertz CT molecular complexity index is 274. The van der Waals surface area contributed by atoms with Crippen LogP contribution in [0.2, 0.25) is 0 Å². The number of hydrogen-bond acceptors (Lipinski definition) is 2. The molecule has 0 radical (unpaired) electrons. The lowest BCUT2D eigenvalue weighted by atomic mass is 10.1. The Hall–Kier alpha value is -1.33. The molecule has 0 aliphatic carbocycles. The minimum Gasteiger partial charge on any atom is -0.302 e. The monoisotopic (exact) mass is 174 g/mol.